The van der Waals surface area contributed by atoms with Gasteiger partial charge in [-0.3, -0.25) is 18.9 Å². The SMILES string of the molecule is CCn1c(SC(C)C(=O)Nc2ccc(S(=O)(=O)Nc3ccc(Cl)nn3)cc2)nc2ccccc2c1=O. The molecule has 2 N–H and O–H groups in total. The smallest absolute Gasteiger partial charge is 0.263 e. The number of benzene rings is 2. The molecule has 0 saturated carbocycles. The predicted molar refractivity (Wildman–Crippen MR) is 140 cm³/mol. The molecule has 36 heavy (non-hydrogen) atoms. The molecule has 13 heteroatoms. The maximum Gasteiger partial charge on any atom is 0.263 e. The molecule has 1 amide bonds. The van der Waals surface area contributed by atoms with Crippen molar-refractivity contribution < 1.29 is 13.2 Å². The highest BCUT2D eigenvalue weighted by Crippen LogP contribution is 2.24. The highest BCUT2D eigenvalue weighted by Gasteiger charge is 2.20. The van der Waals surface area contributed by atoms with Crippen molar-refractivity contribution in [1.82, 2.24) is 19.7 Å². The maximum atomic E-state index is 12.8. The molecule has 10 nitrogen and oxygen atoms in total. The van der Waals surface area contributed by atoms with Crippen LogP contribution in [0.1, 0.15) is 13.8 Å². The second kappa shape index (κ2) is 10.6. The second-order valence-corrected chi connectivity index (χ2v) is 11.0. The number of sulfonamides is 1. The van der Waals surface area contributed by atoms with Gasteiger partial charge < -0.3 is 5.32 Å². The van der Waals surface area contributed by atoms with Gasteiger partial charge in [-0.05, 0) is 62.4 Å². The average Bonchev–Trinajstić information content (AvgIpc) is 2.86. The summed E-state index contributed by atoms with van der Waals surface area (Å²) in [5, 5.41) is 10.6. The molecule has 2 aromatic heterocycles. The molecule has 0 aliphatic rings. The summed E-state index contributed by atoms with van der Waals surface area (Å²) in [4.78, 5) is 30.2. The Morgan fingerprint density at radius 3 is 2.47 bits per heavy atom. The number of hydrogen-bond acceptors (Lipinski definition) is 8. The van der Waals surface area contributed by atoms with Crippen molar-refractivity contribution in [3.8, 4) is 0 Å². The van der Waals surface area contributed by atoms with Gasteiger partial charge in [0.2, 0.25) is 5.91 Å². The first kappa shape index (κ1) is 25.6. The van der Waals surface area contributed by atoms with Gasteiger partial charge in [0.25, 0.3) is 15.6 Å². The van der Waals surface area contributed by atoms with E-state index in [1.807, 2.05) is 6.92 Å². The third kappa shape index (κ3) is 5.66. The number of aromatic nitrogens is 4. The van der Waals surface area contributed by atoms with E-state index < -0.39 is 15.3 Å². The number of anilines is 2. The normalized spacial score (nSPS) is 12.3. The van der Waals surface area contributed by atoms with Crippen molar-refractivity contribution in [3.63, 3.8) is 0 Å². The quantitative estimate of drug-likeness (QED) is 0.253. The Morgan fingerprint density at radius 2 is 1.81 bits per heavy atom. The fourth-order valence-electron chi connectivity index (χ4n) is 3.26. The number of nitrogens with one attached hydrogen (secondary N) is 2. The Morgan fingerprint density at radius 1 is 1.08 bits per heavy atom. The summed E-state index contributed by atoms with van der Waals surface area (Å²) in [6.45, 7) is 3.97. The number of halogens is 1. The largest absolute Gasteiger partial charge is 0.325 e. The summed E-state index contributed by atoms with van der Waals surface area (Å²) in [6, 6.07) is 15.6. The Hall–Kier alpha value is -3.48. The Balaban J connectivity index is 1.45. The molecule has 0 aliphatic carbocycles. The van der Waals surface area contributed by atoms with Crippen LogP contribution in [0, 0.1) is 0 Å². The maximum absolute atomic E-state index is 12.8. The Kier molecular flexibility index (Phi) is 7.57. The van der Waals surface area contributed by atoms with Gasteiger partial charge in [0.05, 0.1) is 21.0 Å². The highest BCUT2D eigenvalue weighted by molar-refractivity contribution is 8.00. The molecular weight excluding hydrogens is 524 g/mol. The van der Waals surface area contributed by atoms with Crippen molar-refractivity contribution in [1.29, 1.82) is 0 Å². The van der Waals surface area contributed by atoms with Crippen LogP contribution in [0.4, 0.5) is 11.5 Å². The van der Waals surface area contributed by atoms with Crippen LogP contribution >= 0.6 is 23.4 Å². The molecule has 1 unspecified atom stereocenters. The molecule has 4 rings (SSSR count). The van der Waals surface area contributed by atoms with Gasteiger partial charge in [0, 0.05) is 12.2 Å². The van der Waals surface area contributed by atoms with E-state index in [-0.39, 0.29) is 27.3 Å². The van der Waals surface area contributed by atoms with Gasteiger partial charge in [-0.25, -0.2) is 13.4 Å². The summed E-state index contributed by atoms with van der Waals surface area (Å²) in [7, 11) is -3.91. The number of carbonyl (C=O) groups excluding carboxylic acids is 1. The van der Waals surface area contributed by atoms with E-state index >= 15 is 0 Å². The monoisotopic (exact) mass is 544 g/mol. The zero-order valence-corrected chi connectivity index (χ0v) is 21.6. The zero-order chi connectivity index (χ0) is 25.9. The first-order valence-electron chi connectivity index (χ1n) is 10.8. The van der Waals surface area contributed by atoms with E-state index in [1.54, 1.807) is 31.2 Å². The fraction of sp³-hybridized carbons (Fsp3) is 0.174. The van der Waals surface area contributed by atoms with Gasteiger partial charge >= 0.3 is 0 Å². The number of carbonyl (C=O) groups is 1. The fourth-order valence-corrected chi connectivity index (χ4v) is 5.33. The van der Waals surface area contributed by atoms with E-state index in [0.717, 1.165) is 0 Å². The second-order valence-electron chi connectivity index (χ2n) is 7.58. The summed E-state index contributed by atoms with van der Waals surface area (Å²) in [5.74, 6) is -0.300. The first-order valence-corrected chi connectivity index (χ1v) is 13.5. The molecular formula is C23H21ClN6O4S2. The number of para-hydroxylation sites is 1. The van der Waals surface area contributed by atoms with Gasteiger partial charge in [-0.15, -0.1) is 10.2 Å². The van der Waals surface area contributed by atoms with Crippen LogP contribution in [-0.4, -0.2) is 39.3 Å². The number of nitrogens with zero attached hydrogens (tertiary/aromatic N) is 4. The Labute approximate surface area is 216 Å². The van der Waals surface area contributed by atoms with E-state index in [1.165, 1.54) is 52.7 Å². The minimum Gasteiger partial charge on any atom is -0.325 e. The van der Waals surface area contributed by atoms with Gasteiger partial charge in [-0.2, -0.15) is 0 Å². The molecule has 0 bridgehead atoms. The van der Waals surface area contributed by atoms with Crippen molar-refractivity contribution in [2.75, 3.05) is 10.0 Å². The summed E-state index contributed by atoms with van der Waals surface area (Å²) >= 11 is 6.84. The molecule has 0 spiro atoms. The van der Waals surface area contributed by atoms with E-state index in [0.29, 0.717) is 28.3 Å². The lowest BCUT2D eigenvalue weighted by Crippen LogP contribution is -2.26. The minimum atomic E-state index is -3.91. The van der Waals surface area contributed by atoms with Crippen molar-refractivity contribution >= 4 is 61.7 Å². The van der Waals surface area contributed by atoms with E-state index in [4.69, 9.17) is 11.6 Å². The van der Waals surface area contributed by atoms with Gasteiger partial charge in [-0.1, -0.05) is 35.5 Å². The number of rotatable bonds is 8. The van der Waals surface area contributed by atoms with Gasteiger partial charge in [0.15, 0.2) is 16.1 Å². The lowest BCUT2D eigenvalue weighted by Gasteiger charge is -2.15. The van der Waals surface area contributed by atoms with Crippen LogP contribution in [0.3, 0.4) is 0 Å². The van der Waals surface area contributed by atoms with Gasteiger partial charge in [0.1, 0.15) is 0 Å². The van der Waals surface area contributed by atoms with Crippen LogP contribution in [0.15, 0.2) is 75.5 Å². The van der Waals surface area contributed by atoms with Crippen molar-refractivity contribution in [2.45, 2.75) is 35.7 Å². The molecule has 186 valence electrons. The lowest BCUT2D eigenvalue weighted by atomic mass is 10.2. The van der Waals surface area contributed by atoms with Crippen LogP contribution in [0.2, 0.25) is 5.15 Å². The van der Waals surface area contributed by atoms with E-state index in [9.17, 15) is 18.0 Å². The summed E-state index contributed by atoms with van der Waals surface area (Å²) in [5.41, 5.74) is 0.822. The standard InChI is InChI=1S/C23H21ClN6O4S2/c1-3-30-22(32)17-6-4-5-7-18(17)26-23(30)35-14(2)21(31)25-15-8-10-16(11-9-15)36(33,34)29-20-13-12-19(24)27-28-20/h4-14H,3H2,1-2H3,(H,25,31)(H,28,29). The molecule has 0 radical (unpaired) electrons. The molecule has 0 aliphatic heterocycles. The van der Waals surface area contributed by atoms with Crippen molar-refractivity contribution in [3.05, 3.63) is 76.2 Å². The third-order valence-electron chi connectivity index (χ3n) is 5.10. The molecule has 2 aromatic carbocycles. The Bertz CT molecular complexity index is 1580. The zero-order valence-electron chi connectivity index (χ0n) is 19.2. The predicted octanol–water partition coefficient (Wildman–Crippen LogP) is 3.78. The number of fused-ring (bicyclic) bond motifs is 1. The third-order valence-corrected chi connectivity index (χ3v) is 7.76. The summed E-state index contributed by atoms with van der Waals surface area (Å²) in [6.07, 6.45) is 0. The molecule has 2 heterocycles. The summed E-state index contributed by atoms with van der Waals surface area (Å²) < 4.78 is 29.0. The molecule has 0 saturated heterocycles. The molecule has 4 aromatic rings. The number of thioether (sulfide) groups is 1. The van der Waals surface area contributed by atoms with Crippen LogP contribution in [0.5, 0.6) is 0 Å². The van der Waals surface area contributed by atoms with Crippen LogP contribution in [0.25, 0.3) is 10.9 Å². The molecule has 0 fully saturated rings. The van der Waals surface area contributed by atoms with Crippen molar-refractivity contribution in [2.24, 2.45) is 0 Å². The molecule has 1 atom stereocenters. The first-order chi connectivity index (χ1) is 17.2. The number of hydrogen-bond donors (Lipinski definition) is 2. The van der Waals surface area contributed by atoms with Crippen LogP contribution in [-0.2, 0) is 21.4 Å². The van der Waals surface area contributed by atoms with Crippen LogP contribution < -0.4 is 15.6 Å². The topological polar surface area (TPSA) is 136 Å². The highest BCUT2D eigenvalue weighted by atomic mass is 35.5. The minimum absolute atomic E-state index is 0.0213. The van der Waals surface area contributed by atoms with E-state index in [2.05, 4.69) is 25.2 Å². The lowest BCUT2D eigenvalue weighted by molar-refractivity contribution is -0.115. The number of amides is 1. The average molecular weight is 545 g/mol.